The van der Waals surface area contributed by atoms with Gasteiger partial charge in [-0.25, -0.2) is 4.79 Å². The molecule has 0 spiro atoms. The summed E-state index contributed by atoms with van der Waals surface area (Å²) < 4.78 is 12.4. The summed E-state index contributed by atoms with van der Waals surface area (Å²) in [5.41, 5.74) is 2.51. The quantitative estimate of drug-likeness (QED) is 0.201. The summed E-state index contributed by atoms with van der Waals surface area (Å²) in [6.07, 6.45) is -0.211. The Morgan fingerprint density at radius 3 is 2.16 bits per heavy atom. The zero-order valence-electron chi connectivity index (χ0n) is 23.0. The number of rotatable bonds is 9. The van der Waals surface area contributed by atoms with Crippen molar-refractivity contribution in [3.63, 3.8) is 0 Å². The monoisotopic (exact) mass is 537 g/mol. The van der Waals surface area contributed by atoms with Gasteiger partial charge < -0.3 is 14.1 Å². The maximum Gasteiger partial charge on any atom is 0.356 e. The summed E-state index contributed by atoms with van der Waals surface area (Å²) in [6, 6.07) is 19.7. The van der Waals surface area contributed by atoms with Crippen LogP contribution in [0.4, 0.5) is 0 Å². The molecular formula is C30H39NO4SSi. The molecule has 0 unspecified atom stereocenters. The van der Waals surface area contributed by atoms with E-state index in [9.17, 15) is 9.59 Å². The minimum atomic E-state index is -2.06. The summed E-state index contributed by atoms with van der Waals surface area (Å²) in [5, 5.41) is 0.0520. The number of nitrogens with zero attached hydrogens (tertiary/aromatic N) is 1. The molecule has 4 rings (SSSR count). The Kier molecular flexibility index (Phi) is 8.07. The van der Waals surface area contributed by atoms with Gasteiger partial charge in [0.1, 0.15) is 12.3 Å². The first-order chi connectivity index (χ1) is 17.4. The molecule has 0 saturated carbocycles. The molecular weight excluding hydrogens is 498 g/mol. The van der Waals surface area contributed by atoms with Crippen molar-refractivity contribution in [3.8, 4) is 0 Å². The first-order valence-electron chi connectivity index (χ1n) is 13.0. The van der Waals surface area contributed by atoms with Crippen LogP contribution in [0.3, 0.4) is 0 Å². The van der Waals surface area contributed by atoms with E-state index < -0.39 is 14.3 Å². The highest BCUT2D eigenvalue weighted by Crippen LogP contribution is 2.52. The van der Waals surface area contributed by atoms with Crippen LogP contribution in [0, 0.1) is 11.8 Å². The van der Waals surface area contributed by atoms with Crippen LogP contribution in [0.5, 0.6) is 0 Å². The molecule has 2 aliphatic rings. The van der Waals surface area contributed by atoms with E-state index in [2.05, 4.69) is 52.9 Å². The molecule has 5 nitrogen and oxygen atoms in total. The summed E-state index contributed by atoms with van der Waals surface area (Å²) in [7, 11) is -2.06. The highest BCUT2D eigenvalue weighted by atomic mass is 32.2. The number of β-lactam (4-membered cyclic amide) rings is 1. The first-order valence-corrected chi connectivity index (χ1v) is 16.9. The molecule has 0 N–H and O–H groups in total. The number of hydrogen-bond acceptors (Lipinski definition) is 5. The Morgan fingerprint density at radius 1 is 1.03 bits per heavy atom. The smallest absolute Gasteiger partial charge is 0.356 e. The summed E-state index contributed by atoms with van der Waals surface area (Å²) in [4.78, 5) is 29.7. The molecule has 0 aliphatic carbocycles. The number of fused-ring (bicyclic) bond motifs is 1. The van der Waals surface area contributed by atoms with Crippen molar-refractivity contribution < 1.29 is 18.8 Å². The molecule has 2 aromatic rings. The maximum atomic E-state index is 13.6. The van der Waals surface area contributed by atoms with Crippen molar-refractivity contribution >= 4 is 32.0 Å². The van der Waals surface area contributed by atoms with Crippen LogP contribution in [0.2, 0.25) is 18.1 Å². The summed E-state index contributed by atoms with van der Waals surface area (Å²) >= 11 is 1.64. The minimum Gasteiger partial charge on any atom is -0.456 e. The van der Waals surface area contributed by atoms with Crippen LogP contribution in [-0.4, -0.2) is 37.2 Å². The van der Waals surface area contributed by atoms with Gasteiger partial charge in [-0.1, -0.05) is 88.4 Å². The van der Waals surface area contributed by atoms with Crippen LogP contribution < -0.4 is 0 Å². The predicted molar refractivity (Wildman–Crippen MR) is 152 cm³/mol. The van der Waals surface area contributed by atoms with Crippen molar-refractivity contribution in [2.75, 3.05) is 0 Å². The van der Waals surface area contributed by atoms with Crippen molar-refractivity contribution in [3.05, 3.63) is 82.4 Å². The third-order valence-electron chi connectivity index (χ3n) is 8.02. The van der Waals surface area contributed by atoms with Crippen molar-refractivity contribution in [2.24, 2.45) is 11.8 Å². The Balaban J connectivity index is 1.57. The number of carbonyl (C=O) groups is 2. The molecule has 2 aliphatic heterocycles. The molecule has 1 fully saturated rings. The largest absolute Gasteiger partial charge is 0.456 e. The fraction of sp³-hybridized carbons (Fsp3) is 0.467. The third kappa shape index (κ3) is 5.59. The Labute approximate surface area is 226 Å². The molecule has 7 heteroatoms. The normalized spacial score (nSPS) is 22.5. The van der Waals surface area contributed by atoms with Gasteiger partial charge >= 0.3 is 5.97 Å². The maximum absolute atomic E-state index is 13.6. The lowest BCUT2D eigenvalue weighted by molar-refractivity contribution is -0.163. The SMILES string of the molecule is C[C@@H](O[Si](C)(C)C(C)(C)C)[C@@H]1C(=O)N2C(C(=O)OCc3ccccc3)=C(SCc3ccccc3)[C@H](C)[C@H]12. The van der Waals surface area contributed by atoms with Crippen LogP contribution in [-0.2, 0) is 31.1 Å². The Bertz CT molecular complexity index is 1160. The number of amides is 1. The molecule has 198 valence electrons. The van der Waals surface area contributed by atoms with Crippen LogP contribution >= 0.6 is 11.8 Å². The topological polar surface area (TPSA) is 55.8 Å². The van der Waals surface area contributed by atoms with E-state index in [0.29, 0.717) is 5.70 Å². The van der Waals surface area contributed by atoms with Gasteiger partial charge in [0.15, 0.2) is 8.32 Å². The molecule has 2 heterocycles. The molecule has 0 aromatic heterocycles. The number of ether oxygens (including phenoxy) is 1. The van der Waals surface area contributed by atoms with E-state index in [-0.39, 0.29) is 41.5 Å². The second-order valence-corrected chi connectivity index (χ2v) is 17.4. The van der Waals surface area contributed by atoms with Crippen molar-refractivity contribution in [1.82, 2.24) is 4.90 Å². The minimum absolute atomic E-state index is 0.0288. The first kappa shape index (κ1) is 27.7. The second kappa shape index (κ2) is 10.8. The number of hydrogen-bond donors (Lipinski definition) is 0. The zero-order chi connectivity index (χ0) is 27.0. The number of carbonyl (C=O) groups excluding carboxylic acids is 2. The lowest BCUT2D eigenvalue weighted by Gasteiger charge is -2.50. The Morgan fingerprint density at radius 2 is 1.59 bits per heavy atom. The number of benzene rings is 2. The highest BCUT2D eigenvalue weighted by Gasteiger charge is 2.61. The number of thioether (sulfide) groups is 1. The average molecular weight is 538 g/mol. The van der Waals surface area contributed by atoms with E-state index in [1.54, 1.807) is 16.7 Å². The van der Waals surface area contributed by atoms with Gasteiger partial charge in [0, 0.05) is 16.6 Å². The summed E-state index contributed by atoms with van der Waals surface area (Å²) in [6.45, 7) is 15.4. The van der Waals surface area contributed by atoms with Gasteiger partial charge in [-0.2, -0.15) is 0 Å². The van der Waals surface area contributed by atoms with E-state index in [4.69, 9.17) is 9.16 Å². The molecule has 4 atom stereocenters. The summed E-state index contributed by atoms with van der Waals surface area (Å²) in [5.74, 6) is 0.0198. The third-order valence-corrected chi connectivity index (χ3v) is 14.0. The number of esters is 1. The second-order valence-electron chi connectivity index (χ2n) is 11.6. The lowest BCUT2D eigenvalue weighted by Crippen LogP contribution is -2.65. The van der Waals surface area contributed by atoms with E-state index in [0.717, 1.165) is 16.2 Å². The molecule has 2 aromatic carbocycles. The highest BCUT2D eigenvalue weighted by molar-refractivity contribution is 8.02. The van der Waals surface area contributed by atoms with Gasteiger partial charge in [-0.15, -0.1) is 11.8 Å². The van der Waals surface area contributed by atoms with E-state index in [1.165, 1.54) is 5.56 Å². The van der Waals surface area contributed by atoms with Gasteiger partial charge in [0.25, 0.3) is 0 Å². The lowest BCUT2D eigenvalue weighted by atomic mass is 9.79. The van der Waals surface area contributed by atoms with Crippen LogP contribution in [0.25, 0.3) is 0 Å². The average Bonchev–Trinajstić information content (AvgIpc) is 3.09. The fourth-order valence-corrected chi connectivity index (χ4v) is 7.60. The predicted octanol–water partition coefficient (Wildman–Crippen LogP) is 6.76. The molecule has 37 heavy (non-hydrogen) atoms. The molecule has 1 amide bonds. The van der Waals surface area contributed by atoms with Gasteiger partial charge in [0.2, 0.25) is 5.91 Å². The molecule has 0 bridgehead atoms. The zero-order valence-corrected chi connectivity index (χ0v) is 24.8. The van der Waals surface area contributed by atoms with Crippen LogP contribution in [0.1, 0.15) is 45.7 Å². The van der Waals surface area contributed by atoms with Crippen molar-refractivity contribution in [2.45, 2.75) is 77.3 Å². The van der Waals surface area contributed by atoms with Gasteiger partial charge in [-0.3, -0.25) is 4.79 Å². The van der Waals surface area contributed by atoms with E-state index in [1.807, 2.05) is 55.5 Å². The Hall–Kier alpha value is -2.35. The standard InChI is InChI=1S/C30H39NO4SSi/c1-20-25-24(21(2)35-37(6,7)30(3,4)5)28(32)31(25)26(27(20)36-19-23-16-12-9-13-17-23)29(33)34-18-22-14-10-8-11-15-22/h8-17,20-21,24-25H,18-19H2,1-7H3/t20-,21-,24+,25-/m1/s1. The van der Waals surface area contributed by atoms with Crippen molar-refractivity contribution in [1.29, 1.82) is 0 Å². The fourth-order valence-electron chi connectivity index (χ4n) is 4.93. The molecule has 1 saturated heterocycles. The molecule has 0 radical (unpaired) electrons. The van der Waals surface area contributed by atoms with Gasteiger partial charge in [-0.05, 0) is 36.2 Å². The van der Waals surface area contributed by atoms with E-state index >= 15 is 0 Å². The van der Waals surface area contributed by atoms with Gasteiger partial charge in [0.05, 0.1) is 18.1 Å². The van der Waals surface area contributed by atoms with Crippen LogP contribution in [0.15, 0.2) is 71.3 Å².